The van der Waals surface area contributed by atoms with Crippen molar-refractivity contribution in [3.05, 3.63) is 30.1 Å². The minimum atomic E-state index is -0.821. The molecule has 1 aliphatic carbocycles. The van der Waals surface area contributed by atoms with E-state index in [0.29, 0.717) is 19.1 Å². The molecule has 166 valence electrons. The summed E-state index contributed by atoms with van der Waals surface area (Å²) < 4.78 is 13.6. The largest absolute Gasteiger partial charge is 0.391 e. The number of nitrogens with zero attached hydrogens (tertiary/aromatic N) is 2. The van der Waals surface area contributed by atoms with E-state index in [1.807, 2.05) is 0 Å². The van der Waals surface area contributed by atoms with Crippen LogP contribution in [-0.2, 0) is 9.59 Å². The second kappa shape index (κ2) is 11.4. The van der Waals surface area contributed by atoms with Gasteiger partial charge in [0.15, 0.2) is 0 Å². The molecule has 2 aliphatic rings. The fourth-order valence-electron chi connectivity index (χ4n) is 4.19. The third-order valence-corrected chi connectivity index (χ3v) is 5.84. The monoisotopic (exact) mass is 420 g/mol. The van der Waals surface area contributed by atoms with Crippen LogP contribution in [-0.4, -0.2) is 78.1 Å². The maximum absolute atomic E-state index is 13.6. The van der Waals surface area contributed by atoms with Crippen molar-refractivity contribution in [2.75, 3.05) is 44.6 Å². The highest BCUT2D eigenvalue weighted by Crippen LogP contribution is 2.17. The molecule has 1 unspecified atom stereocenters. The topological polar surface area (TPSA) is 84.9 Å². The lowest BCUT2D eigenvalue weighted by Crippen LogP contribution is -2.52. The smallest absolute Gasteiger partial charge is 0.234 e. The quantitative estimate of drug-likeness (QED) is 0.595. The van der Waals surface area contributed by atoms with Crippen molar-refractivity contribution in [2.45, 2.75) is 50.7 Å². The van der Waals surface area contributed by atoms with Gasteiger partial charge in [-0.1, -0.05) is 31.4 Å². The van der Waals surface area contributed by atoms with E-state index in [9.17, 15) is 19.1 Å². The van der Waals surface area contributed by atoms with E-state index in [4.69, 9.17) is 0 Å². The van der Waals surface area contributed by atoms with Crippen molar-refractivity contribution in [3.8, 4) is 0 Å². The molecule has 3 rings (SSSR count). The summed E-state index contributed by atoms with van der Waals surface area (Å²) in [5.74, 6) is -0.810. The number of hydrogen-bond acceptors (Lipinski definition) is 5. The molecule has 1 aromatic rings. The minimum absolute atomic E-state index is 0.0850. The number of aliphatic hydroxyl groups is 1. The van der Waals surface area contributed by atoms with E-state index in [2.05, 4.69) is 20.4 Å². The molecule has 30 heavy (non-hydrogen) atoms. The summed E-state index contributed by atoms with van der Waals surface area (Å²) in [5.41, 5.74) is 0.120. The van der Waals surface area contributed by atoms with Gasteiger partial charge in [0.05, 0.1) is 24.8 Å². The Kier molecular flexibility index (Phi) is 8.60. The van der Waals surface area contributed by atoms with Crippen LogP contribution in [0.25, 0.3) is 0 Å². The summed E-state index contributed by atoms with van der Waals surface area (Å²) in [6.07, 6.45) is 4.93. The van der Waals surface area contributed by atoms with Gasteiger partial charge < -0.3 is 15.7 Å². The standard InChI is InChI=1S/C22H33FN4O3/c23-19-8-4-5-9-20(19)25-21(29)14-18(28)15-26-10-12-27(13-11-26)16-22(30)24-17-6-2-1-3-7-17/h4-5,8-9,17-18,28H,1-3,6-7,10-16H2,(H,24,30)(H,25,29). The fraction of sp³-hybridized carbons (Fsp3) is 0.636. The van der Waals surface area contributed by atoms with E-state index in [-0.39, 0.29) is 18.0 Å². The van der Waals surface area contributed by atoms with Gasteiger partial charge in [0.2, 0.25) is 11.8 Å². The van der Waals surface area contributed by atoms with Crippen molar-refractivity contribution in [3.63, 3.8) is 0 Å². The Morgan fingerprint density at radius 3 is 2.40 bits per heavy atom. The first kappa shape index (κ1) is 22.7. The Balaban J connectivity index is 1.32. The molecule has 3 N–H and O–H groups in total. The second-order valence-corrected chi connectivity index (χ2v) is 8.37. The van der Waals surface area contributed by atoms with E-state index < -0.39 is 17.8 Å². The average molecular weight is 421 g/mol. The summed E-state index contributed by atoms with van der Waals surface area (Å²) >= 11 is 0. The minimum Gasteiger partial charge on any atom is -0.391 e. The lowest BCUT2D eigenvalue weighted by atomic mass is 9.95. The molecule has 1 heterocycles. The van der Waals surface area contributed by atoms with Gasteiger partial charge >= 0.3 is 0 Å². The molecule has 2 fully saturated rings. The molecule has 0 radical (unpaired) electrons. The first-order valence-corrected chi connectivity index (χ1v) is 11.0. The summed E-state index contributed by atoms with van der Waals surface area (Å²) in [6, 6.07) is 6.30. The lowest BCUT2D eigenvalue weighted by molar-refractivity contribution is -0.124. The van der Waals surface area contributed by atoms with Gasteiger partial charge in [-0.2, -0.15) is 0 Å². The molecule has 0 bridgehead atoms. The number of rotatable bonds is 8. The van der Waals surface area contributed by atoms with Gasteiger partial charge in [-0.3, -0.25) is 19.4 Å². The van der Waals surface area contributed by atoms with Gasteiger partial charge in [0.25, 0.3) is 0 Å². The van der Waals surface area contributed by atoms with Crippen molar-refractivity contribution >= 4 is 17.5 Å². The maximum Gasteiger partial charge on any atom is 0.234 e. The number of benzene rings is 1. The van der Waals surface area contributed by atoms with Gasteiger partial charge in [0, 0.05) is 38.8 Å². The number of para-hydroxylation sites is 1. The Labute approximate surface area is 177 Å². The second-order valence-electron chi connectivity index (χ2n) is 8.37. The van der Waals surface area contributed by atoms with Crippen molar-refractivity contribution in [2.24, 2.45) is 0 Å². The molecule has 0 aromatic heterocycles. The molecule has 1 atom stereocenters. The molecule has 0 spiro atoms. The predicted molar refractivity (Wildman–Crippen MR) is 114 cm³/mol. The van der Waals surface area contributed by atoms with Crippen molar-refractivity contribution < 1.29 is 19.1 Å². The highest BCUT2D eigenvalue weighted by atomic mass is 19.1. The summed E-state index contributed by atoms with van der Waals surface area (Å²) in [5, 5.41) is 15.9. The number of β-amino-alcohol motifs (C(OH)–C–C–N with tert-alkyl or cyclic N) is 1. The Morgan fingerprint density at radius 1 is 1.03 bits per heavy atom. The first-order valence-electron chi connectivity index (χ1n) is 11.0. The SMILES string of the molecule is O=C(CC(O)CN1CCN(CC(=O)NC2CCCCC2)CC1)Nc1ccccc1F. The molecule has 1 aromatic carbocycles. The van der Waals surface area contributed by atoms with Gasteiger partial charge in [0.1, 0.15) is 5.82 Å². The highest BCUT2D eigenvalue weighted by Gasteiger charge is 2.23. The van der Waals surface area contributed by atoms with Crippen LogP contribution in [0.15, 0.2) is 24.3 Å². The number of nitrogens with one attached hydrogen (secondary N) is 2. The molecule has 1 saturated carbocycles. The zero-order chi connectivity index (χ0) is 21.3. The van der Waals surface area contributed by atoms with Crippen LogP contribution in [0.3, 0.4) is 0 Å². The summed E-state index contributed by atoms with van der Waals surface area (Å²) in [7, 11) is 0. The van der Waals surface area contributed by atoms with E-state index >= 15 is 0 Å². The van der Waals surface area contributed by atoms with E-state index in [1.54, 1.807) is 12.1 Å². The van der Waals surface area contributed by atoms with E-state index in [1.165, 1.54) is 31.4 Å². The number of aliphatic hydroxyl groups excluding tert-OH is 1. The molecule has 1 saturated heterocycles. The first-order chi connectivity index (χ1) is 14.5. The molecule has 8 heteroatoms. The Hall–Kier alpha value is -2.03. The van der Waals surface area contributed by atoms with Gasteiger partial charge in [-0.05, 0) is 25.0 Å². The number of hydrogen-bond donors (Lipinski definition) is 3. The van der Waals surface area contributed by atoms with Crippen LogP contribution in [0, 0.1) is 5.82 Å². The summed E-state index contributed by atoms with van der Waals surface area (Å²) in [6.45, 7) is 3.79. The van der Waals surface area contributed by atoms with Crippen LogP contribution in [0.5, 0.6) is 0 Å². The zero-order valence-electron chi connectivity index (χ0n) is 17.5. The number of anilines is 1. The number of piperazine rings is 1. The van der Waals surface area contributed by atoms with Gasteiger partial charge in [-0.15, -0.1) is 0 Å². The van der Waals surface area contributed by atoms with Crippen LogP contribution < -0.4 is 10.6 Å². The van der Waals surface area contributed by atoms with Crippen LogP contribution in [0.4, 0.5) is 10.1 Å². The molecule has 2 amide bonds. The molecule has 1 aliphatic heterocycles. The number of halogens is 1. The Bertz CT molecular complexity index is 703. The van der Waals surface area contributed by atoms with Crippen LogP contribution >= 0.6 is 0 Å². The molecular weight excluding hydrogens is 387 g/mol. The summed E-state index contributed by atoms with van der Waals surface area (Å²) in [4.78, 5) is 28.5. The third kappa shape index (κ3) is 7.34. The van der Waals surface area contributed by atoms with Crippen LogP contribution in [0.2, 0.25) is 0 Å². The third-order valence-electron chi connectivity index (χ3n) is 5.84. The molecular formula is C22H33FN4O3. The molecule has 7 nitrogen and oxygen atoms in total. The predicted octanol–water partition coefficient (Wildman–Crippen LogP) is 1.58. The lowest BCUT2D eigenvalue weighted by Gasteiger charge is -2.35. The van der Waals surface area contributed by atoms with Crippen LogP contribution in [0.1, 0.15) is 38.5 Å². The normalized spacial score (nSPS) is 19.9. The van der Waals surface area contributed by atoms with Gasteiger partial charge in [-0.25, -0.2) is 4.39 Å². The fourth-order valence-corrected chi connectivity index (χ4v) is 4.19. The van der Waals surface area contributed by atoms with E-state index in [0.717, 1.165) is 39.0 Å². The van der Waals surface area contributed by atoms with Crippen molar-refractivity contribution in [1.29, 1.82) is 0 Å². The number of carbonyl (C=O) groups is 2. The maximum atomic E-state index is 13.6. The zero-order valence-corrected chi connectivity index (χ0v) is 17.5. The number of amides is 2. The Morgan fingerprint density at radius 2 is 1.70 bits per heavy atom. The number of carbonyl (C=O) groups excluding carboxylic acids is 2. The van der Waals surface area contributed by atoms with Crippen molar-refractivity contribution in [1.82, 2.24) is 15.1 Å². The average Bonchev–Trinajstić information content (AvgIpc) is 2.72. The highest BCUT2D eigenvalue weighted by molar-refractivity contribution is 5.91.